The number of carbonyl (C=O) groups is 1. The van der Waals surface area contributed by atoms with Gasteiger partial charge in [-0.2, -0.15) is 0 Å². The van der Waals surface area contributed by atoms with Crippen molar-refractivity contribution in [1.82, 2.24) is 5.32 Å². The summed E-state index contributed by atoms with van der Waals surface area (Å²) in [7, 11) is 0. The molecule has 4 nitrogen and oxygen atoms in total. The molecule has 0 spiro atoms. The van der Waals surface area contributed by atoms with E-state index in [4.69, 9.17) is 21.1 Å². The zero-order valence-electron chi connectivity index (χ0n) is 17.1. The fraction of sp³-hybridized carbons (Fsp3) is 0.240. The molecule has 30 heavy (non-hydrogen) atoms. The summed E-state index contributed by atoms with van der Waals surface area (Å²) in [4.78, 5) is 12.4. The van der Waals surface area contributed by atoms with E-state index in [-0.39, 0.29) is 11.5 Å². The standard InChI is InChI=1S/C25H24ClNO3/c1-25(2)14-20-4-3-5-22(23(20)30-25)29-16-18-6-10-19(11-7-18)24(28)27-15-17-8-12-21(26)13-9-17/h3-13H,14-16H2,1-2H3,(H,27,28). The van der Waals surface area contributed by atoms with Gasteiger partial charge in [0.2, 0.25) is 0 Å². The Morgan fingerprint density at radius 3 is 2.47 bits per heavy atom. The lowest BCUT2D eigenvalue weighted by Crippen LogP contribution is -2.24. The minimum absolute atomic E-state index is 0.117. The smallest absolute Gasteiger partial charge is 0.251 e. The van der Waals surface area contributed by atoms with Crippen LogP contribution in [-0.4, -0.2) is 11.5 Å². The summed E-state index contributed by atoms with van der Waals surface area (Å²) in [6.45, 7) is 5.02. The molecule has 0 saturated carbocycles. The van der Waals surface area contributed by atoms with Crippen LogP contribution in [0.4, 0.5) is 0 Å². The summed E-state index contributed by atoms with van der Waals surface area (Å²) in [5.41, 5.74) is 3.56. The van der Waals surface area contributed by atoms with Crippen LogP contribution >= 0.6 is 11.6 Å². The maximum Gasteiger partial charge on any atom is 0.251 e. The molecule has 0 atom stereocenters. The van der Waals surface area contributed by atoms with Crippen molar-refractivity contribution in [2.24, 2.45) is 0 Å². The third kappa shape index (κ3) is 4.77. The van der Waals surface area contributed by atoms with E-state index >= 15 is 0 Å². The molecule has 1 N–H and O–H groups in total. The Hall–Kier alpha value is -2.98. The van der Waals surface area contributed by atoms with Gasteiger partial charge in [0.05, 0.1) is 0 Å². The fourth-order valence-corrected chi connectivity index (χ4v) is 3.63. The van der Waals surface area contributed by atoms with Crippen molar-refractivity contribution in [1.29, 1.82) is 0 Å². The molecule has 154 valence electrons. The van der Waals surface area contributed by atoms with Crippen LogP contribution in [0.3, 0.4) is 0 Å². The van der Waals surface area contributed by atoms with Crippen LogP contribution in [0, 0.1) is 0 Å². The van der Waals surface area contributed by atoms with Crippen molar-refractivity contribution in [2.75, 3.05) is 0 Å². The van der Waals surface area contributed by atoms with E-state index in [1.807, 2.05) is 60.7 Å². The molecule has 4 rings (SSSR count). The lowest BCUT2D eigenvalue weighted by molar-refractivity contribution is 0.0951. The van der Waals surface area contributed by atoms with E-state index in [0.717, 1.165) is 29.0 Å². The molecule has 1 amide bonds. The minimum Gasteiger partial charge on any atom is -0.485 e. The SMILES string of the molecule is CC1(C)Cc2cccc(OCc3ccc(C(=O)NCc4ccc(Cl)cc4)cc3)c2O1. The highest BCUT2D eigenvalue weighted by atomic mass is 35.5. The lowest BCUT2D eigenvalue weighted by Gasteiger charge is -2.18. The van der Waals surface area contributed by atoms with Crippen molar-refractivity contribution >= 4 is 17.5 Å². The van der Waals surface area contributed by atoms with Crippen LogP contribution in [-0.2, 0) is 19.6 Å². The quantitative estimate of drug-likeness (QED) is 0.566. The number of hydrogen-bond acceptors (Lipinski definition) is 3. The average molecular weight is 422 g/mol. The Morgan fingerprint density at radius 2 is 1.73 bits per heavy atom. The Labute approximate surface area is 181 Å². The summed E-state index contributed by atoms with van der Waals surface area (Å²) in [5.74, 6) is 1.47. The Kier molecular flexibility index (Phi) is 5.69. The number of ether oxygens (including phenoxy) is 2. The Balaban J connectivity index is 1.34. The van der Waals surface area contributed by atoms with Gasteiger partial charge >= 0.3 is 0 Å². The molecule has 0 radical (unpaired) electrons. The number of halogens is 1. The van der Waals surface area contributed by atoms with Gasteiger partial charge in [-0.15, -0.1) is 0 Å². The van der Waals surface area contributed by atoms with Gasteiger partial charge in [0.25, 0.3) is 5.91 Å². The first-order valence-electron chi connectivity index (χ1n) is 9.95. The molecule has 3 aromatic rings. The molecule has 0 aromatic heterocycles. The molecule has 5 heteroatoms. The summed E-state index contributed by atoms with van der Waals surface area (Å²) < 4.78 is 12.1. The van der Waals surface area contributed by atoms with E-state index in [0.29, 0.717) is 23.7 Å². The van der Waals surface area contributed by atoms with Gasteiger partial charge in [-0.1, -0.05) is 48.0 Å². The van der Waals surface area contributed by atoms with Crippen LogP contribution in [0.5, 0.6) is 11.5 Å². The van der Waals surface area contributed by atoms with E-state index < -0.39 is 0 Å². The fourth-order valence-electron chi connectivity index (χ4n) is 3.50. The zero-order valence-corrected chi connectivity index (χ0v) is 17.8. The van der Waals surface area contributed by atoms with Crippen molar-refractivity contribution in [3.63, 3.8) is 0 Å². The molecule has 1 heterocycles. The average Bonchev–Trinajstić information content (AvgIpc) is 3.06. The normalized spacial score (nSPS) is 14.0. The molecule has 1 aliphatic heterocycles. The second kappa shape index (κ2) is 8.41. The minimum atomic E-state index is -0.206. The third-order valence-corrected chi connectivity index (χ3v) is 5.28. The monoisotopic (exact) mass is 421 g/mol. The second-order valence-corrected chi connectivity index (χ2v) is 8.51. The number of fused-ring (bicyclic) bond motifs is 1. The highest BCUT2D eigenvalue weighted by Crippen LogP contribution is 2.41. The lowest BCUT2D eigenvalue weighted by atomic mass is 10.0. The molecule has 0 aliphatic carbocycles. The molecule has 1 aliphatic rings. The predicted molar refractivity (Wildman–Crippen MR) is 118 cm³/mol. The molecular formula is C25H24ClNO3. The van der Waals surface area contributed by atoms with Gasteiger partial charge in [0.15, 0.2) is 11.5 Å². The zero-order chi connectivity index (χ0) is 21.1. The van der Waals surface area contributed by atoms with Gasteiger partial charge < -0.3 is 14.8 Å². The van der Waals surface area contributed by atoms with Gasteiger partial charge in [-0.25, -0.2) is 0 Å². The van der Waals surface area contributed by atoms with Crippen LogP contribution in [0.15, 0.2) is 66.7 Å². The highest BCUT2D eigenvalue weighted by Gasteiger charge is 2.32. The molecule has 0 unspecified atom stereocenters. The first-order valence-corrected chi connectivity index (χ1v) is 10.3. The number of nitrogens with one attached hydrogen (secondary N) is 1. The van der Waals surface area contributed by atoms with Gasteiger partial charge in [-0.05, 0) is 55.3 Å². The predicted octanol–water partition coefficient (Wildman–Crippen LogP) is 5.56. The largest absolute Gasteiger partial charge is 0.485 e. The first kappa shape index (κ1) is 20.3. The van der Waals surface area contributed by atoms with Crippen LogP contribution in [0.1, 0.15) is 40.9 Å². The maximum atomic E-state index is 12.4. The second-order valence-electron chi connectivity index (χ2n) is 8.08. The maximum absolute atomic E-state index is 12.4. The topological polar surface area (TPSA) is 47.6 Å². The summed E-state index contributed by atoms with van der Waals surface area (Å²) in [5, 5.41) is 3.60. The number of benzene rings is 3. The molecule has 0 saturated heterocycles. The highest BCUT2D eigenvalue weighted by molar-refractivity contribution is 6.30. The van der Waals surface area contributed by atoms with Gasteiger partial charge in [0, 0.05) is 29.1 Å². The van der Waals surface area contributed by atoms with E-state index in [2.05, 4.69) is 25.2 Å². The summed E-state index contributed by atoms with van der Waals surface area (Å²) >= 11 is 5.89. The molecule has 3 aromatic carbocycles. The first-order chi connectivity index (χ1) is 14.4. The van der Waals surface area contributed by atoms with Gasteiger partial charge in [-0.3, -0.25) is 4.79 Å². The van der Waals surface area contributed by atoms with Crippen LogP contribution < -0.4 is 14.8 Å². The third-order valence-electron chi connectivity index (χ3n) is 5.03. The van der Waals surface area contributed by atoms with E-state index in [9.17, 15) is 4.79 Å². The number of carbonyl (C=O) groups excluding carboxylic acids is 1. The van der Waals surface area contributed by atoms with Crippen molar-refractivity contribution < 1.29 is 14.3 Å². The van der Waals surface area contributed by atoms with E-state index in [1.165, 1.54) is 5.56 Å². The molecular weight excluding hydrogens is 398 g/mol. The number of para-hydroxylation sites is 1. The Morgan fingerprint density at radius 1 is 1.03 bits per heavy atom. The van der Waals surface area contributed by atoms with Crippen LogP contribution in [0.25, 0.3) is 0 Å². The number of rotatable bonds is 6. The number of hydrogen-bond donors (Lipinski definition) is 1. The van der Waals surface area contributed by atoms with Crippen molar-refractivity contribution in [3.8, 4) is 11.5 Å². The summed E-state index contributed by atoms with van der Waals surface area (Å²) in [6, 6.07) is 20.9. The van der Waals surface area contributed by atoms with Crippen molar-refractivity contribution in [2.45, 2.75) is 39.0 Å². The van der Waals surface area contributed by atoms with Gasteiger partial charge in [0.1, 0.15) is 12.2 Å². The van der Waals surface area contributed by atoms with Crippen molar-refractivity contribution in [3.05, 3.63) is 94.0 Å². The van der Waals surface area contributed by atoms with E-state index in [1.54, 1.807) is 0 Å². The molecule has 0 bridgehead atoms. The van der Waals surface area contributed by atoms with Crippen LogP contribution in [0.2, 0.25) is 5.02 Å². The number of amides is 1. The molecule has 0 fully saturated rings. The Bertz CT molecular complexity index is 1040. The summed E-state index contributed by atoms with van der Waals surface area (Å²) in [6.07, 6.45) is 0.874.